The van der Waals surface area contributed by atoms with E-state index in [9.17, 15) is 14.4 Å². The molecule has 0 unspecified atom stereocenters. The van der Waals surface area contributed by atoms with Gasteiger partial charge in [-0.1, -0.05) is 12.1 Å². The molecule has 5 nitrogen and oxygen atoms in total. The Bertz CT molecular complexity index is 836. The highest BCUT2D eigenvalue weighted by molar-refractivity contribution is 5.96. The van der Waals surface area contributed by atoms with Gasteiger partial charge in [0, 0.05) is 24.9 Å². The molecule has 0 saturated carbocycles. The van der Waals surface area contributed by atoms with Crippen LogP contribution in [-0.2, 0) is 19.4 Å². The molecular formula is C18H18N2O3. The average molecular weight is 310 g/mol. The number of hydrogen-bond donors (Lipinski definition) is 1. The molecule has 0 aliphatic heterocycles. The maximum atomic E-state index is 12.5. The number of ketones is 1. The molecule has 0 saturated heterocycles. The molecule has 1 aromatic heterocycles. The minimum Gasteiger partial charge on any atom is -0.355 e. The second-order valence-corrected chi connectivity index (χ2v) is 5.72. The minimum atomic E-state index is -0.299. The Balaban J connectivity index is 1.85. The van der Waals surface area contributed by atoms with Gasteiger partial charge in [-0.15, -0.1) is 0 Å². The SMILES string of the molecule is CNC(=O)c1ccc(=O)n(CC(=O)c2ccc3c(c2)CCC3)c1. The van der Waals surface area contributed by atoms with Crippen molar-refractivity contribution in [2.24, 2.45) is 0 Å². The predicted molar refractivity (Wildman–Crippen MR) is 86.9 cm³/mol. The normalized spacial score (nSPS) is 12.7. The van der Waals surface area contributed by atoms with Crippen LogP contribution in [0.5, 0.6) is 0 Å². The summed E-state index contributed by atoms with van der Waals surface area (Å²) >= 11 is 0. The first kappa shape index (κ1) is 15.2. The number of nitrogens with one attached hydrogen (secondary N) is 1. The molecule has 0 spiro atoms. The Morgan fingerprint density at radius 3 is 2.61 bits per heavy atom. The second kappa shape index (κ2) is 6.20. The molecule has 118 valence electrons. The van der Waals surface area contributed by atoms with Gasteiger partial charge in [-0.05, 0) is 42.5 Å². The van der Waals surface area contributed by atoms with E-state index in [-0.39, 0.29) is 23.8 Å². The highest BCUT2D eigenvalue weighted by Gasteiger charge is 2.15. The van der Waals surface area contributed by atoms with Crippen LogP contribution in [0.25, 0.3) is 0 Å². The highest BCUT2D eigenvalue weighted by atomic mass is 16.2. The molecule has 1 heterocycles. The molecular weight excluding hydrogens is 292 g/mol. The predicted octanol–water partition coefficient (Wildman–Crippen LogP) is 1.58. The number of pyridine rings is 1. The van der Waals surface area contributed by atoms with Gasteiger partial charge in [0.2, 0.25) is 0 Å². The molecule has 5 heteroatoms. The van der Waals surface area contributed by atoms with Gasteiger partial charge in [0.15, 0.2) is 5.78 Å². The number of nitrogens with zero attached hydrogens (tertiary/aromatic N) is 1. The third-order valence-corrected chi connectivity index (χ3v) is 4.21. The number of aromatic nitrogens is 1. The van der Waals surface area contributed by atoms with Crippen molar-refractivity contribution in [3.63, 3.8) is 0 Å². The Labute approximate surface area is 134 Å². The molecule has 1 N–H and O–H groups in total. The molecule has 0 radical (unpaired) electrons. The fourth-order valence-corrected chi connectivity index (χ4v) is 2.92. The fourth-order valence-electron chi connectivity index (χ4n) is 2.92. The number of amides is 1. The van der Waals surface area contributed by atoms with Crippen LogP contribution in [0, 0.1) is 0 Å². The summed E-state index contributed by atoms with van der Waals surface area (Å²) in [6.07, 6.45) is 4.62. The third kappa shape index (κ3) is 3.08. The summed E-state index contributed by atoms with van der Waals surface area (Å²) in [6.45, 7) is -0.0670. The Morgan fingerprint density at radius 1 is 1.09 bits per heavy atom. The van der Waals surface area contributed by atoms with E-state index >= 15 is 0 Å². The van der Waals surface area contributed by atoms with E-state index in [2.05, 4.69) is 5.32 Å². The van der Waals surface area contributed by atoms with Gasteiger partial charge in [0.1, 0.15) is 0 Å². The van der Waals surface area contributed by atoms with Crippen molar-refractivity contribution >= 4 is 11.7 Å². The molecule has 1 aliphatic carbocycles. The van der Waals surface area contributed by atoms with Crippen molar-refractivity contribution < 1.29 is 9.59 Å². The molecule has 0 bridgehead atoms. The fraction of sp³-hybridized carbons (Fsp3) is 0.278. The highest BCUT2D eigenvalue weighted by Crippen LogP contribution is 2.23. The van der Waals surface area contributed by atoms with Crippen LogP contribution >= 0.6 is 0 Å². The maximum Gasteiger partial charge on any atom is 0.252 e. The second-order valence-electron chi connectivity index (χ2n) is 5.72. The van der Waals surface area contributed by atoms with Crippen LogP contribution in [0.3, 0.4) is 0 Å². The lowest BCUT2D eigenvalue weighted by atomic mass is 10.0. The van der Waals surface area contributed by atoms with Gasteiger partial charge in [0.05, 0.1) is 12.1 Å². The van der Waals surface area contributed by atoms with Crippen molar-refractivity contribution in [1.29, 1.82) is 0 Å². The van der Waals surface area contributed by atoms with E-state index in [0.29, 0.717) is 11.1 Å². The van der Waals surface area contributed by atoms with Crippen LogP contribution in [0.15, 0.2) is 41.3 Å². The van der Waals surface area contributed by atoms with E-state index in [0.717, 1.165) is 19.3 Å². The lowest BCUT2D eigenvalue weighted by Gasteiger charge is -2.08. The first-order chi connectivity index (χ1) is 11.1. The molecule has 0 atom stereocenters. The summed E-state index contributed by atoms with van der Waals surface area (Å²) in [6, 6.07) is 8.51. The van der Waals surface area contributed by atoms with Crippen molar-refractivity contribution in [2.45, 2.75) is 25.8 Å². The largest absolute Gasteiger partial charge is 0.355 e. The van der Waals surface area contributed by atoms with Crippen molar-refractivity contribution in [3.05, 3.63) is 69.1 Å². The Kier molecular flexibility index (Phi) is 4.10. The van der Waals surface area contributed by atoms with Crippen LogP contribution in [0.2, 0.25) is 0 Å². The zero-order valence-electron chi connectivity index (χ0n) is 13.0. The Morgan fingerprint density at radius 2 is 1.83 bits per heavy atom. The molecule has 23 heavy (non-hydrogen) atoms. The number of benzene rings is 1. The monoisotopic (exact) mass is 310 g/mol. The van der Waals surface area contributed by atoms with E-state index < -0.39 is 0 Å². The summed E-state index contributed by atoms with van der Waals surface area (Å²) in [7, 11) is 1.52. The number of carbonyl (C=O) groups is 2. The standard InChI is InChI=1S/C18H18N2O3/c1-19-18(23)15-7-8-17(22)20(10-15)11-16(21)14-6-5-12-3-2-4-13(12)9-14/h5-10H,2-4,11H2,1H3,(H,19,23). The summed E-state index contributed by atoms with van der Waals surface area (Å²) < 4.78 is 1.28. The van der Waals surface area contributed by atoms with E-state index in [4.69, 9.17) is 0 Å². The van der Waals surface area contributed by atoms with Gasteiger partial charge in [-0.25, -0.2) is 0 Å². The number of Topliss-reactive ketones (excluding diaryl/α,β-unsaturated/α-hetero) is 1. The minimum absolute atomic E-state index is 0.0670. The van der Waals surface area contributed by atoms with E-state index in [1.807, 2.05) is 18.2 Å². The van der Waals surface area contributed by atoms with Gasteiger partial charge < -0.3 is 9.88 Å². The van der Waals surface area contributed by atoms with Gasteiger partial charge in [0.25, 0.3) is 11.5 Å². The number of hydrogen-bond acceptors (Lipinski definition) is 3. The van der Waals surface area contributed by atoms with Gasteiger partial charge >= 0.3 is 0 Å². The quantitative estimate of drug-likeness (QED) is 0.872. The number of carbonyl (C=O) groups excluding carboxylic acids is 2. The molecule has 1 aromatic carbocycles. The summed E-state index contributed by atoms with van der Waals surface area (Å²) in [5, 5.41) is 2.50. The van der Waals surface area contributed by atoms with Crippen molar-refractivity contribution in [3.8, 4) is 0 Å². The lowest BCUT2D eigenvalue weighted by molar-refractivity contribution is 0.0950. The van der Waals surface area contributed by atoms with Crippen molar-refractivity contribution in [1.82, 2.24) is 9.88 Å². The number of aryl methyl sites for hydroxylation is 2. The summed E-state index contributed by atoms with van der Waals surface area (Å²) in [5.41, 5.74) is 3.20. The lowest BCUT2D eigenvalue weighted by Crippen LogP contribution is -2.26. The smallest absolute Gasteiger partial charge is 0.252 e. The zero-order valence-corrected chi connectivity index (χ0v) is 13.0. The average Bonchev–Trinajstić information content (AvgIpc) is 3.03. The maximum absolute atomic E-state index is 12.5. The first-order valence-electron chi connectivity index (χ1n) is 7.66. The topological polar surface area (TPSA) is 68.2 Å². The molecule has 0 fully saturated rings. The molecule has 2 aromatic rings. The summed E-state index contributed by atoms with van der Waals surface area (Å²) in [5.74, 6) is -0.417. The van der Waals surface area contributed by atoms with Crippen LogP contribution in [0.1, 0.15) is 38.3 Å². The zero-order chi connectivity index (χ0) is 16.4. The third-order valence-electron chi connectivity index (χ3n) is 4.21. The van der Waals surface area contributed by atoms with Crippen LogP contribution in [-0.4, -0.2) is 23.3 Å². The van der Waals surface area contributed by atoms with E-state index in [1.54, 1.807) is 0 Å². The summed E-state index contributed by atoms with van der Waals surface area (Å²) in [4.78, 5) is 36.0. The Hall–Kier alpha value is -2.69. The molecule has 1 amide bonds. The number of fused-ring (bicyclic) bond motifs is 1. The van der Waals surface area contributed by atoms with Crippen LogP contribution < -0.4 is 10.9 Å². The van der Waals surface area contributed by atoms with Crippen LogP contribution in [0.4, 0.5) is 0 Å². The van der Waals surface area contributed by atoms with Gasteiger partial charge in [-0.2, -0.15) is 0 Å². The molecule has 3 rings (SSSR count). The van der Waals surface area contributed by atoms with E-state index in [1.165, 1.54) is 41.1 Å². The first-order valence-corrected chi connectivity index (χ1v) is 7.66. The van der Waals surface area contributed by atoms with Crippen molar-refractivity contribution in [2.75, 3.05) is 7.05 Å². The molecule has 1 aliphatic rings. The van der Waals surface area contributed by atoms with Gasteiger partial charge in [-0.3, -0.25) is 14.4 Å². The number of rotatable bonds is 4.